The molecule has 1 fully saturated rings. The second-order valence-corrected chi connectivity index (χ2v) is 6.10. The number of carbonyl (C=O) groups excluding carboxylic acids is 2. The van der Waals surface area contributed by atoms with Gasteiger partial charge in [-0.05, 0) is 29.8 Å². The molecule has 2 heterocycles. The summed E-state index contributed by atoms with van der Waals surface area (Å²) in [5, 5.41) is 5.50. The number of nitrogens with zero attached hydrogens (tertiary/aromatic N) is 2. The van der Waals surface area contributed by atoms with Crippen LogP contribution in [0.25, 0.3) is 0 Å². The molecule has 0 saturated carbocycles. The fraction of sp³-hybridized carbons (Fsp3) is 0.316. The van der Waals surface area contributed by atoms with Gasteiger partial charge in [0.1, 0.15) is 5.82 Å². The van der Waals surface area contributed by atoms with Crippen molar-refractivity contribution in [2.24, 2.45) is 0 Å². The van der Waals surface area contributed by atoms with Crippen molar-refractivity contribution in [2.75, 3.05) is 41.8 Å². The van der Waals surface area contributed by atoms with E-state index in [0.29, 0.717) is 11.5 Å². The molecule has 7 heteroatoms. The minimum absolute atomic E-state index is 0.123. The van der Waals surface area contributed by atoms with Gasteiger partial charge in [0.05, 0.1) is 31.5 Å². The number of carbonyl (C=O) groups is 2. The molecule has 136 valence electrons. The number of pyridine rings is 1. The standard InChI is InChI=1S/C19H22N4O3/c1-14(24)21-16-4-2-15(3-5-16)12-19(25)22-18-7-6-17(13-20-18)23-8-10-26-11-9-23/h2-7,13H,8-12H2,1H3,(H,21,24)(H,20,22,25). The summed E-state index contributed by atoms with van der Waals surface area (Å²) in [6.45, 7) is 4.60. The van der Waals surface area contributed by atoms with E-state index in [-0.39, 0.29) is 18.2 Å². The van der Waals surface area contributed by atoms with E-state index in [2.05, 4.69) is 20.5 Å². The number of nitrogens with one attached hydrogen (secondary N) is 2. The lowest BCUT2D eigenvalue weighted by atomic mass is 10.1. The third kappa shape index (κ3) is 5.03. The molecule has 0 radical (unpaired) electrons. The third-order valence-corrected chi connectivity index (χ3v) is 4.03. The number of aromatic nitrogens is 1. The van der Waals surface area contributed by atoms with Gasteiger partial charge in [-0.25, -0.2) is 4.98 Å². The van der Waals surface area contributed by atoms with Crippen molar-refractivity contribution in [2.45, 2.75) is 13.3 Å². The minimum atomic E-state index is -0.135. The molecule has 7 nitrogen and oxygen atoms in total. The Morgan fingerprint density at radius 2 is 1.81 bits per heavy atom. The van der Waals surface area contributed by atoms with Gasteiger partial charge < -0.3 is 20.3 Å². The van der Waals surface area contributed by atoms with Crippen LogP contribution in [-0.2, 0) is 20.7 Å². The Morgan fingerprint density at radius 3 is 2.42 bits per heavy atom. The summed E-state index contributed by atoms with van der Waals surface area (Å²) in [5.41, 5.74) is 2.60. The van der Waals surface area contributed by atoms with Crippen LogP contribution in [0.15, 0.2) is 42.6 Å². The van der Waals surface area contributed by atoms with Crippen LogP contribution in [0.2, 0.25) is 0 Å². The molecule has 1 aliphatic rings. The number of morpholine rings is 1. The molecule has 0 unspecified atom stereocenters. The van der Waals surface area contributed by atoms with Crippen LogP contribution in [0.3, 0.4) is 0 Å². The Balaban J connectivity index is 1.53. The molecule has 2 N–H and O–H groups in total. The summed E-state index contributed by atoms with van der Waals surface area (Å²) < 4.78 is 5.34. The quantitative estimate of drug-likeness (QED) is 0.859. The molecule has 0 spiro atoms. The molecule has 2 amide bonds. The van der Waals surface area contributed by atoms with Crippen molar-refractivity contribution in [1.29, 1.82) is 0 Å². The number of anilines is 3. The fourth-order valence-corrected chi connectivity index (χ4v) is 2.75. The van der Waals surface area contributed by atoms with E-state index in [1.54, 1.807) is 18.3 Å². The number of hydrogen-bond acceptors (Lipinski definition) is 5. The molecule has 1 saturated heterocycles. The van der Waals surface area contributed by atoms with Gasteiger partial charge in [0.15, 0.2) is 0 Å². The molecule has 1 aliphatic heterocycles. The molecule has 0 aliphatic carbocycles. The molecule has 26 heavy (non-hydrogen) atoms. The highest BCUT2D eigenvalue weighted by atomic mass is 16.5. The van der Waals surface area contributed by atoms with Gasteiger partial charge in [0.25, 0.3) is 0 Å². The Labute approximate surface area is 152 Å². The van der Waals surface area contributed by atoms with Crippen LogP contribution in [0.5, 0.6) is 0 Å². The van der Waals surface area contributed by atoms with Crippen molar-refractivity contribution in [3.63, 3.8) is 0 Å². The molecule has 0 atom stereocenters. The second-order valence-electron chi connectivity index (χ2n) is 6.10. The Kier molecular flexibility index (Phi) is 5.80. The summed E-state index contributed by atoms with van der Waals surface area (Å²) in [4.78, 5) is 29.7. The van der Waals surface area contributed by atoms with Crippen molar-refractivity contribution in [3.8, 4) is 0 Å². The van der Waals surface area contributed by atoms with Gasteiger partial charge in [-0.3, -0.25) is 9.59 Å². The number of hydrogen-bond donors (Lipinski definition) is 2. The first-order valence-electron chi connectivity index (χ1n) is 8.55. The lowest BCUT2D eigenvalue weighted by Crippen LogP contribution is -2.36. The Morgan fingerprint density at radius 1 is 1.08 bits per heavy atom. The van der Waals surface area contributed by atoms with Crippen LogP contribution in [0, 0.1) is 0 Å². The number of ether oxygens (including phenoxy) is 1. The molecular weight excluding hydrogens is 332 g/mol. The smallest absolute Gasteiger partial charge is 0.229 e. The van der Waals surface area contributed by atoms with Gasteiger partial charge in [-0.2, -0.15) is 0 Å². The van der Waals surface area contributed by atoms with E-state index in [0.717, 1.165) is 37.6 Å². The lowest BCUT2D eigenvalue weighted by molar-refractivity contribution is -0.116. The van der Waals surface area contributed by atoms with Gasteiger partial charge in [-0.15, -0.1) is 0 Å². The summed E-state index contributed by atoms with van der Waals surface area (Å²) in [5.74, 6) is 0.271. The van der Waals surface area contributed by atoms with Crippen LogP contribution in [0.4, 0.5) is 17.2 Å². The first-order valence-corrected chi connectivity index (χ1v) is 8.55. The molecule has 3 rings (SSSR count). The maximum atomic E-state index is 12.2. The maximum absolute atomic E-state index is 12.2. The van der Waals surface area contributed by atoms with Crippen LogP contribution < -0.4 is 15.5 Å². The summed E-state index contributed by atoms with van der Waals surface area (Å²) in [6.07, 6.45) is 2.01. The van der Waals surface area contributed by atoms with Gasteiger partial charge in [0.2, 0.25) is 11.8 Å². The zero-order chi connectivity index (χ0) is 18.4. The fourth-order valence-electron chi connectivity index (χ4n) is 2.75. The molecule has 2 aromatic rings. The van der Waals surface area contributed by atoms with Crippen molar-refractivity contribution < 1.29 is 14.3 Å². The zero-order valence-electron chi connectivity index (χ0n) is 14.7. The van der Waals surface area contributed by atoms with E-state index in [1.807, 2.05) is 24.3 Å². The number of rotatable bonds is 5. The predicted molar refractivity (Wildman–Crippen MR) is 100 cm³/mol. The van der Waals surface area contributed by atoms with E-state index < -0.39 is 0 Å². The molecule has 1 aromatic carbocycles. The van der Waals surface area contributed by atoms with E-state index in [9.17, 15) is 9.59 Å². The monoisotopic (exact) mass is 354 g/mol. The highest BCUT2D eigenvalue weighted by molar-refractivity contribution is 5.92. The van der Waals surface area contributed by atoms with E-state index in [4.69, 9.17) is 4.74 Å². The molecule has 1 aromatic heterocycles. The van der Waals surface area contributed by atoms with Gasteiger partial charge >= 0.3 is 0 Å². The number of benzene rings is 1. The van der Waals surface area contributed by atoms with Crippen LogP contribution in [0.1, 0.15) is 12.5 Å². The van der Waals surface area contributed by atoms with Crippen molar-refractivity contribution in [1.82, 2.24) is 4.98 Å². The van der Waals surface area contributed by atoms with E-state index in [1.165, 1.54) is 6.92 Å². The van der Waals surface area contributed by atoms with Gasteiger partial charge in [0, 0.05) is 25.7 Å². The third-order valence-electron chi connectivity index (χ3n) is 4.03. The predicted octanol–water partition coefficient (Wildman–Crippen LogP) is 2.06. The average molecular weight is 354 g/mol. The summed E-state index contributed by atoms with van der Waals surface area (Å²) in [6, 6.07) is 11.0. The Bertz CT molecular complexity index is 753. The molecule has 0 bridgehead atoms. The zero-order valence-corrected chi connectivity index (χ0v) is 14.7. The average Bonchev–Trinajstić information content (AvgIpc) is 2.64. The maximum Gasteiger partial charge on any atom is 0.229 e. The second kappa shape index (κ2) is 8.44. The van der Waals surface area contributed by atoms with Crippen molar-refractivity contribution in [3.05, 3.63) is 48.2 Å². The van der Waals surface area contributed by atoms with E-state index >= 15 is 0 Å². The first-order chi connectivity index (χ1) is 12.6. The first kappa shape index (κ1) is 17.9. The summed E-state index contributed by atoms with van der Waals surface area (Å²) >= 11 is 0. The molecular formula is C19H22N4O3. The van der Waals surface area contributed by atoms with Gasteiger partial charge in [-0.1, -0.05) is 12.1 Å². The lowest BCUT2D eigenvalue weighted by Gasteiger charge is -2.28. The topological polar surface area (TPSA) is 83.6 Å². The highest BCUT2D eigenvalue weighted by Crippen LogP contribution is 2.17. The minimum Gasteiger partial charge on any atom is -0.378 e. The van der Waals surface area contributed by atoms with Crippen LogP contribution >= 0.6 is 0 Å². The van der Waals surface area contributed by atoms with Crippen LogP contribution in [-0.4, -0.2) is 43.1 Å². The largest absolute Gasteiger partial charge is 0.378 e. The Hall–Kier alpha value is -2.93. The SMILES string of the molecule is CC(=O)Nc1ccc(CC(=O)Nc2ccc(N3CCOCC3)cn2)cc1. The highest BCUT2D eigenvalue weighted by Gasteiger charge is 2.12. The van der Waals surface area contributed by atoms with Crippen molar-refractivity contribution >= 4 is 29.0 Å². The number of amides is 2. The summed E-state index contributed by atoms with van der Waals surface area (Å²) in [7, 11) is 0. The normalized spacial score (nSPS) is 14.0.